The lowest BCUT2D eigenvalue weighted by atomic mass is 10.0. The first-order chi connectivity index (χ1) is 7.35. The second-order valence-electron chi connectivity index (χ2n) is 4.74. The SMILES string of the molecule is C=Cc1c(C)cccc1C(=O)OC(C)(C)C. The van der Waals surface area contributed by atoms with E-state index < -0.39 is 5.60 Å². The maximum atomic E-state index is 11.9. The van der Waals surface area contributed by atoms with Crippen molar-refractivity contribution in [2.24, 2.45) is 0 Å². The molecule has 0 heterocycles. The normalized spacial score (nSPS) is 11.0. The second-order valence-corrected chi connectivity index (χ2v) is 4.74. The van der Waals surface area contributed by atoms with E-state index in [0.29, 0.717) is 5.56 Å². The molecule has 1 rings (SSSR count). The summed E-state index contributed by atoms with van der Waals surface area (Å²) in [5.41, 5.74) is 1.97. The van der Waals surface area contributed by atoms with Crippen molar-refractivity contribution in [3.63, 3.8) is 0 Å². The van der Waals surface area contributed by atoms with Crippen molar-refractivity contribution in [2.45, 2.75) is 33.3 Å². The number of aryl methyl sites for hydroxylation is 1. The van der Waals surface area contributed by atoms with Gasteiger partial charge in [-0.2, -0.15) is 0 Å². The molecule has 0 saturated heterocycles. The first kappa shape index (κ1) is 12.5. The van der Waals surface area contributed by atoms with Crippen molar-refractivity contribution in [1.29, 1.82) is 0 Å². The van der Waals surface area contributed by atoms with E-state index in [1.165, 1.54) is 0 Å². The van der Waals surface area contributed by atoms with Crippen LogP contribution < -0.4 is 0 Å². The molecule has 0 aliphatic rings. The lowest BCUT2D eigenvalue weighted by Gasteiger charge is -2.20. The lowest BCUT2D eigenvalue weighted by Crippen LogP contribution is -2.24. The molecule has 1 aromatic carbocycles. The van der Waals surface area contributed by atoms with Crippen molar-refractivity contribution in [3.05, 3.63) is 41.5 Å². The highest BCUT2D eigenvalue weighted by atomic mass is 16.6. The van der Waals surface area contributed by atoms with Gasteiger partial charge in [0, 0.05) is 0 Å². The highest BCUT2D eigenvalue weighted by molar-refractivity contribution is 5.94. The Morgan fingerprint density at radius 3 is 2.50 bits per heavy atom. The minimum Gasteiger partial charge on any atom is -0.456 e. The summed E-state index contributed by atoms with van der Waals surface area (Å²) in [6.45, 7) is 11.2. The van der Waals surface area contributed by atoms with Gasteiger partial charge in [-0.05, 0) is 44.9 Å². The van der Waals surface area contributed by atoms with Crippen LogP contribution in [-0.4, -0.2) is 11.6 Å². The van der Waals surface area contributed by atoms with Crippen molar-refractivity contribution >= 4 is 12.0 Å². The van der Waals surface area contributed by atoms with E-state index in [-0.39, 0.29) is 5.97 Å². The smallest absolute Gasteiger partial charge is 0.339 e. The fraction of sp³-hybridized carbons (Fsp3) is 0.357. The molecule has 1 aromatic rings. The number of benzene rings is 1. The molecular formula is C14H18O2. The molecule has 0 unspecified atom stereocenters. The first-order valence-electron chi connectivity index (χ1n) is 5.30. The molecule has 0 amide bonds. The minimum atomic E-state index is -0.473. The number of esters is 1. The van der Waals surface area contributed by atoms with Crippen LogP contribution in [0.1, 0.15) is 42.3 Å². The molecule has 0 fully saturated rings. The quantitative estimate of drug-likeness (QED) is 0.709. The first-order valence-corrected chi connectivity index (χ1v) is 5.30. The van der Waals surface area contributed by atoms with Gasteiger partial charge in [-0.25, -0.2) is 4.79 Å². The topological polar surface area (TPSA) is 26.3 Å². The van der Waals surface area contributed by atoms with Crippen LogP contribution in [0.3, 0.4) is 0 Å². The lowest BCUT2D eigenvalue weighted by molar-refractivity contribution is 0.00692. The molecule has 16 heavy (non-hydrogen) atoms. The number of rotatable bonds is 2. The Balaban J connectivity index is 3.09. The van der Waals surface area contributed by atoms with Gasteiger partial charge < -0.3 is 4.74 Å². The van der Waals surface area contributed by atoms with E-state index in [1.54, 1.807) is 12.1 Å². The zero-order chi connectivity index (χ0) is 12.3. The van der Waals surface area contributed by atoms with Gasteiger partial charge in [-0.1, -0.05) is 24.8 Å². The summed E-state index contributed by atoms with van der Waals surface area (Å²) < 4.78 is 5.33. The van der Waals surface area contributed by atoms with Crippen molar-refractivity contribution < 1.29 is 9.53 Å². The number of carbonyl (C=O) groups excluding carboxylic acids is 1. The third-order valence-corrected chi connectivity index (χ3v) is 2.15. The molecule has 0 spiro atoms. The third-order valence-electron chi connectivity index (χ3n) is 2.15. The van der Waals surface area contributed by atoms with Gasteiger partial charge in [0.25, 0.3) is 0 Å². The molecule has 0 saturated carbocycles. The van der Waals surface area contributed by atoms with E-state index in [9.17, 15) is 4.79 Å². The van der Waals surface area contributed by atoms with Crippen LogP contribution >= 0.6 is 0 Å². The van der Waals surface area contributed by atoms with E-state index in [4.69, 9.17) is 4.74 Å². The summed E-state index contributed by atoms with van der Waals surface area (Å²) in [6.07, 6.45) is 1.69. The Morgan fingerprint density at radius 1 is 1.38 bits per heavy atom. The Kier molecular flexibility index (Phi) is 3.53. The molecule has 0 N–H and O–H groups in total. The maximum Gasteiger partial charge on any atom is 0.339 e. The predicted octanol–water partition coefficient (Wildman–Crippen LogP) is 3.59. The standard InChI is InChI=1S/C14H18O2/c1-6-11-10(2)8-7-9-12(11)13(15)16-14(3,4)5/h6-9H,1H2,2-5H3. The van der Waals surface area contributed by atoms with Gasteiger partial charge >= 0.3 is 5.97 Å². The molecule has 0 radical (unpaired) electrons. The van der Waals surface area contributed by atoms with Gasteiger partial charge in [-0.3, -0.25) is 0 Å². The van der Waals surface area contributed by atoms with Gasteiger partial charge in [0.05, 0.1) is 5.56 Å². The molecule has 0 atom stereocenters. The van der Waals surface area contributed by atoms with Crippen molar-refractivity contribution in [2.75, 3.05) is 0 Å². The fourth-order valence-corrected chi connectivity index (χ4v) is 1.46. The average molecular weight is 218 g/mol. The molecule has 2 heteroatoms. The molecule has 86 valence electrons. The van der Waals surface area contributed by atoms with Gasteiger partial charge in [0.2, 0.25) is 0 Å². The molecule has 2 nitrogen and oxygen atoms in total. The second kappa shape index (κ2) is 4.52. The minimum absolute atomic E-state index is 0.300. The van der Waals surface area contributed by atoms with E-state index in [2.05, 4.69) is 6.58 Å². The summed E-state index contributed by atoms with van der Waals surface area (Å²) in [7, 11) is 0. The molecular weight excluding hydrogens is 200 g/mol. The summed E-state index contributed by atoms with van der Waals surface area (Å²) in [4.78, 5) is 11.9. The third kappa shape index (κ3) is 2.96. The van der Waals surface area contributed by atoms with Crippen molar-refractivity contribution in [3.8, 4) is 0 Å². The van der Waals surface area contributed by atoms with Crippen LogP contribution in [0.15, 0.2) is 24.8 Å². The van der Waals surface area contributed by atoms with E-state index >= 15 is 0 Å². The summed E-state index contributed by atoms with van der Waals surface area (Å²) in [6, 6.07) is 5.56. The number of ether oxygens (including phenoxy) is 1. The van der Waals surface area contributed by atoms with Crippen LogP contribution in [0.2, 0.25) is 0 Å². The number of carbonyl (C=O) groups is 1. The Labute approximate surface area is 96.9 Å². The molecule has 0 aliphatic carbocycles. The Bertz CT molecular complexity index is 411. The van der Waals surface area contributed by atoms with Crippen LogP contribution in [0.5, 0.6) is 0 Å². The Morgan fingerprint density at radius 2 is 2.00 bits per heavy atom. The van der Waals surface area contributed by atoms with Gasteiger partial charge in [-0.15, -0.1) is 0 Å². The maximum absolute atomic E-state index is 11.9. The monoisotopic (exact) mass is 218 g/mol. The van der Waals surface area contributed by atoms with Crippen LogP contribution in [-0.2, 0) is 4.74 Å². The summed E-state index contributed by atoms with van der Waals surface area (Å²) in [5.74, 6) is -0.300. The predicted molar refractivity (Wildman–Crippen MR) is 66.4 cm³/mol. The summed E-state index contributed by atoms with van der Waals surface area (Å²) >= 11 is 0. The van der Waals surface area contributed by atoms with E-state index in [1.807, 2.05) is 39.8 Å². The van der Waals surface area contributed by atoms with Crippen LogP contribution in [0.25, 0.3) is 6.08 Å². The average Bonchev–Trinajstić information content (AvgIpc) is 2.14. The fourth-order valence-electron chi connectivity index (χ4n) is 1.46. The number of hydrogen-bond donors (Lipinski definition) is 0. The largest absolute Gasteiger partial charge is 0.456 e. The zero-order valence-electron chi connectivity index (χ0n) is 10.3. The van der Waals surface area contributed by atoms with Gasteiger partial charge in [0.1, 0.15) is 5.60 Å². The zero-order valence-corrected chi connectivity index (χ0v) is 10.3. The van der Waals surface area contributed by atoms with Gasteiger partial charge in [0.15, 0.2) is 0 Å². The highest BCUT2D eigenvalue weighted by Crippen LogP contribution is 2.19. The van der Waals surface area contributed by atoms with Crippen LogP contribution in [0.4, 0.5) is 0 Å². The highest BCUT2D eigenvalue weighted by Gasteiger charge is 2.19. The molecule has 0 bridgehead atoms. The summed E-state index contributed by atoms with van der Waals surface area (Å²) in [5, 5.41) is 0. The van der Waals surface area contributed by atoms with Crippen LogP contribution in [0, 0.1) is 6.92 Å². The number of hydrogen-bond acceptors (Lipinski definition) is 2. The van der Waals surface area contributed by atoms with E-state index in [0.717, 1.165) is 11.1 Å². The molecule has 0 aliphatic heterocycles. The molecule has 0 aromatic heterocycles. The van der Waals surface area contributed by atoms with Crippen molar-refractivity contribution in [1.82, 2.24) is 0 Å². The Hall–Kier alpha value is -1.57.